The number of likely N-dealkylation sites (tertiary alicyclic amines) is 1. The smallest absolute Gasteiger partial charge is 0.340 e. The molecule has 0 radical (unpaired) electrons. The van der Waals surface area contributed by atoms with Crippen molar-refractivity contribution in [2.75, 3.05) is 27.5 Å². The SMILES string of the molecule is COC(=O)/C(=C1\CCCN1C)c1ccc2c(c1)OCO2. The number of methoxy groups -OCH3 is 1. The summed E-state index contributed by atoms with van der Waals surface area (Å²) in [5.74, 6) is 1.07. The van der Waals surface area contributed by atoms with E-state index in [0.29, 0.717) is 17.1 Å². The molecule has 0 aliphatic carbocycles. The fraction of sp³-hybridized carbons (Fsp3) is 0.400. The molecule has 0 spiro atoms. The van der Waals surface area contributed by atoms with Crippen LogP contribution < -0.4 is 9.47 Å². The van der Waals surface area contributed by atoms with Crippen LogP contribution in [0.25, 0.3) is 5.57 Å². The summed E-state index contributed by atoms with van der Waals surface area (Å²) < 4.78 is 15.6. The Bertz CT molecular complexity index is 579. The maximum atomic E-state index is 12.2. The second-order valence-corrected chi connectivity index (χ2v) is 4.91. The van der Waals surface area contributed by atoms with Crippen molar-refractivity contribution in [3.8, 4) is 11.5 Å². The molecule has 0 unspecified atom stereocenters. The molecule has 1 fully saturated rings. The van der Waals surface area contributed by atoms with Gasteiger partial charge in [0, 0.05) is 19.3 Å². The van der Waals surface area contributed by atoms with Crippen molar-refractivity contribution in [3.63, 3.8) is 0 Å². The first-order chi connectivity index (χ1) is 9.70. The fourth-order valence-corrected chi connectivity index (χ4v) is 2.68. The molecule has 2 heterocycles. The Hall–Kier alpha value is -2.17. The Balaban J connectivity index is 2.08. The van der Waals surface area contributed by atoms with Crippen molar-refractivity contribution in [1.29, 1.82) is 0 Å². The number of carbonyl (C=O) groups is 1. The van der Waals surface area contributed by atoms with Crippen LogP contribution in [0.1, 0.15) is 18.4 Å². The molecule has 1 saturated heterocycles. The van der Waals surface area contributed by atoms with Gasteiger partial charge in [0.15, 0.2) is 11.5 Å². The van der Waals surface area contributed by atoms with E-state index in [1.807, 2.05) is 25.2 Å². The molecule has 0 amide bonds. The van der Waals surface area contributed by atoms with Crippen molar-refractivity contribution in [1.82, 2.24) is 4.90 Å². The monoisotopic (exact) mass is 275 g/mol. The summed E-state index contributed by atoms with van der Waals surface area (Å²) in [5, 5.41) is 0. The van der Waals surface area contributed by atoms with E-state index in [1.54, 1.807) is 0 Å². The summed E-state index contributed by atoms with van der Waals surface area (Å²) in [7, 11) is 3.41. The molecule has 20 heavy (non-hydrogen) atoms. The quantitative estimate of drug-likeness (QED) is 0.610. The fourth-order valence-electron chi connectivity index (χ4n) is 2.68. The number of carbonyl (C=O) groups excluding carboxylic acids is 1. The molecule has 1 aromatic carbocycles. The van der Waals surface area contributed by atoms with Gasteiger partial charge in [0.05, 0.1) is 12.7 Å². The van der Waals surface area contributed by atoms with Crippen LogP contribution in [0.5, 0.6) is 11.5 Å². The number of rotatable bonds is 2. The summed E-state index contributed by atoms with van der Waals surface area (Å²) >= 11 is 0. The lowest BCUT2D eigenvalue weighted by molar-refractivity contribution is -0.133. The van der Waals surface area contributed by atoms with Crippen LogP contribution in [0.15, 0.2) is 23.9 Å². The number of hydrogen-bond donors (Lipinski definition) is 0. The van der Waals surface area contributed by atoms with Gasteiger partial charge in [-0.25, -0.2) is 4.79 Å². The largest absolute Gasteiger partial charge is 0.465 e. The molecule has 0 aromatic heterocycles. The molecule has 2 aliphatic rings. The maximum Gasteiger partial charge on any atom is 0.340 e. The zero-order chi connectivity index (χ0) is 14.1. The maximum absolute atomic E-state index is 12.2. The van der Waals surface area contributed by atoms with Crippen LogP contribution in [0.2, 0.25) is 0 Å². The zero-order valence-corrected chi connectivity index (χ0v) is 11.6. The van der Waals surface area contributed by atoms with E-state index in [0.717, 1.165) is 30.6 Å². The first-order valence-electron chi connectivity index (χ1n) is 6.63. The standard InChI is InChI=1S/C15H17NO4/c1-16-7-3-4-11(16)14(15(17)18-2)10-5-6-12-13(8-10)20-9-19-12/h5-6,8H,3-4,7,9H2,1-2H3/b14-11+. The normalized spacial score (nSPS) is 19.2. The van der Waals surface area contributed by atoms with Gasteiger partial charge in [-0.15, -0.1) is 0 Å². The second kappa shape index (κ2) is 5.07. The van der Waals surface area contributed by atoms with Gasteiger partial charge in [-0.3, -0.25) is 0 Å². The first kappa shape index (κ1) is 12.8. The Kier molecular flexibility index (Phi) is 3.26. The average molecular weight is 275 g/mol. The summed E-state index contributed by atoms with van der Waals surface area (Å²) in [5.41, 5.74) is 2.45. The lowest BCUT2D eigenvalue weighted by atomic mass is 10.0. The van der Waals surface area contributed by atoms with E-state index in [4.69, 9.17) is 14.2 Å². The third-order valence-electron chi connectivity index (χ3n) is 3.71. The minimum atomic E-state index is -0.312. The van der Waals surface area contributed by atoms with Crippen molar-refractivity contribution < 1.29 is 19.0 Å². The number of benzene rings is 1. The Morgan fingerprint density at radius 1 is 1.30 bits per heavy atom. The molecule has 0 bridgehead atoms. The lowest BCUT2D eigenvalue weighted by Gasteiger charge is -2.17. The van der Waals surface area contributed by atoms with E-state index in [9.17, 15) is 4.79 Å². The van der Waals surface area contributed by atoms with Gasteiger partial charge in [-0.2, -0.15) is 0 Å². The molecule has 5 nitrogen and oxygen atoms in total. The molecular weight excluding hydrogens is 258 g/mol. The molecule has 5 heteroatoms. The summed E-state index contributed by atoms with van der Waals surface area (Å²) in [6, 6.07) is 5.54. The van der Waals surface area contributed by atoms with E-state index in [1.165, 1.54) is 7.11 Å². The van der Waals surface area contributed by atoms with Gasteiger partial charge in [0.2, 0.25) is 6.79 Å². The number of ether oxygens (including phenoxy) is 3. The van der Waals surface area contributed by atoms with Gasteiger partial charge < -0.3 is 19.1 Å². The summed E-state index contributed by atoms with van der Waals surface area (Å²) in [4.78, 5) is 14.3. The van der Waals surface area contributed by atoms with Crippen molar-refractivity contribution in [2.24, 2.45) is 0 Å². The van der Waals surface area contributed by atoms with Gasteiger partial charge in [-0.1, -0.05) is 6.07 Å². The van der Waals surface area contributed by atoms with E-state index in [-0.39, 0.29) is 12.8 Å². The van der Waals surface area contributed by atoms with Crippen LogP contribution in [0, 0.1) is 0 Å². The minimum Gasteiger partial charge on any atom is -0.465 e. The Morgan fingerprint density at radius 3 is 2.80 bits per heavy atom. The second-order valence-electron chi connectivity index (χ2n) is 4.91. The van der Waals surface area contributed by atoms with Crippen molar-refractivity contribution >= 4 is 11.5 Å². The summed E-state index contributed by atoms with van der Waals surface area (Å²) in [6.07, 6.45) is 1.94. The molecule has 0 saturated carbocycles. The van der Waals surface area contributed by atoms with Crippen LogP contribution in [0.4, 0.5) is 0 Å². The molecular formula is C15H17NO4. The van der Waals surface area contributed by atoms with Crippen LogP contribution in [0.3, 0.4) is 0 Å². The van der Waals surface area contributed by atoms with E-state index >= 15 is 0 Å². The van der Waals surface area contributed by atoms with E-state index < -0.39 is 0 Å². The lowest BCUT2D eigenvalue weighted by Crippen LogP contribution is -2.16. The highest BCUT2D eigenvalue weighted by Gasteiger charge is 2.25. The van der Waals surface area contributed by atoms with E-state index in [2.05, 4.69) is 4.90 Å². The Labute approximate surface area is 117 Å². The van der Waals surface area contributed by atoms with Gasteiger partial charge in [0.1, 0.15) is 0 Å². The highest BCUT2D eigenvalue weighted by Crippen LogP contribution is 2.37. The van der Waals surface area contributed by atoms with Crippen LogP contribution in [-0.4, -0.2) is 38.4 Å². The van der Waals surface area contributed by atoms with Crippen LogP contribution >= 0.6 is 0 Å². The number of allylic oxidation sites excluding steroid dienone is 1. The van der Waals surface area contributed by atoms with Gasteiger partial charge >= 0.3 is 5.97 Å². The molecule has 0 N–H and O–H groups in total. The highest BCUT2D eigenvalue weighted by molar-refractivity contribution is 6.17. The van der Waals surface area contributed by atoms with Crippen LogP contribution in [-0.2, 0) is 9.53 Å². The summed E-state index contributed by atoms with van der Waals surface area (Å²) in [6.45, 7) is 1.18. The third kappa shape index (κ3) is 2.09. The number of fused-ring (bicyclic) bond motifs is 1. The molecule has 0 atom stereocenters. The highest BCUT2D eigenvalue weighted by atomic mass is 16.7. The Morgan fingerprint density at radius 2 is 2.10 bits per heavy atom. The molecule has 106 valence electrons. The van der Waals surface area contributed by atoms with Crippen molar-refractivity contribution in [2.45, 2.75) is 12.8 Å². The molecule has 1 aromatic rings. The van der Waals surface area contributed by atoms with Crippen molar-refractivity contribution in [3.05, 3.63) is 29.5 Å². The molecule has 3 rings (SSSR count). The predicted octanol–water partition coefficient (Wildman–Crippen LogP) is 2.02. The van der Waals surface area contributed by atoms with Gasteiger partial charge in [0.25, 0.3) is 0 Å². The average Bonchev–Trinajstić information content (AvgIpc) is 3.08. The number of esters is 1. The zero-order valence-electron chi connectivity index (χ0n) is 11.6. The molecule has 2 aliphatic heterocycles. The first-order valence-corrected chi connectivity index (χ1v) is 6.63. The number of hydrogen-bond acceptors (Lipinski definition) is 5. The number of nitrogens with zero attached hydrogens (tertiary/aromatic N) is 1. The predicted molar refractivity (Wildman–Crippen MR) is 73.4 cm³/mol. The minimum absolute atomic E-state index is 0.225. The third-order valence-corrected chi connectivity index (χ3v) is 3.71. The topological polar surface area (TPSA) is 48.0 Å². The van der Waals surface area contributed by atoms with Gasteiger partial charge in [-0.05, 0) is 30.5 Å².